The van der Waals surface area contributed by atoms with Crippen molar-refractivity contribution in [1.29, 1.82) is 0 Å². The lowest BCUT2D eigenvalue weighted by atomic mass is 10.3. The number of H-pyrrole nitrogens is 1. The minimum atomic E-state index is -0.269. The van der Waals surface area contributed by atoms with Crippen molar-refractivity contribution in [3.63, 3.8) is 0 Å². The fourth-order valence-corrected chi connectivity index (χ4v) is 3.31. The fraction of sp³-hybridized carbons (Fsp3) is 0.143. The molecule has 1 amide bonds. The van der Waals surface area contributed by atoms with Gasteiger partial charge in [-0.15, -0.1) is 0 Å². The minimum absolute atomic E-state index is 0.117. The molecule has 4 rings (SSSR count). The van der Waals surface area contributed by atoms with E-state index < -0.39 is 0 Å². The van der Waals surface area contributed by atoms with Gasteiger partial charge in [-0.25, -0.2) is 9.67 Å². The van der Waals surface area contributed by atoms with Crippen molar-refractivity contribution in [1.82, 2.24) is 24.6 Å². The van der Waals surface area contributed by atoms with E-state index in [2.05, 4.69) is 20.4 Å². The number of aromatic amines is 1. The summed E-state index contributed by atoms with van der Waals surface area (Å²) in [6, 6.07) is 16.4. The molecule has 0 spiro atoms. The summed E-state index contributed by atoms with van der Waals surface area (Å²) in [6.07, 6.45) is 1.50. The first-order valence-electron chi connectivity index (χ1n) is 9.26. The number of carbonyl (C=O) groups is 1. The summed E-state index contributed by atoms with van der Waals surface area (Å²) in [5.74, 6) is 0.251. The highest BCUT2D eigenvalue weighted by Crippen LogP contribution is 2.15. The van der Waals surface area contributed by atoms with E-state index in [0.717, 1.165) is 5.69 Å². The molecule has 8 nitrogen and oxygen atoms in total. The Labute approximate surface area is 177 Å². The second-order valence-corrected chi connectivity index (χ2v) is 7.31. The average Bonchev–Trinajstić information content (AvgIpc) is 3.13. The molecule has 2 aromatic carbocycles. The molecule has 9 heteroatoms. The molecular formula is C21H19ClN6O2. The quantitative estimate of drug-likeness (QED) is 0.498. The molecule has 152 valence electrons. The number of halogens is 1. The largest absolute Gasteiger partial charge is 0.325 e. The third-order valence-electron chi connectivity index (χ3n) is 4.43. The Morgan fingerprint density at radius 2 is 2.00 bits per heavy atom. The summed E-state index contributed by atoms with van der Waals surface area (Å²) < 4.78 is 1.62. The van der Waals surface area contributed by atoms with Gasteiger partial charge in [-0.1, -0.05) is 35.9 Å². The van der Waals surface area contributed by atoms with E-state index in [0.29, 0.717) is 27.6 Å². The molecule has 4 aromatic rings. The zero-order valence-corrected chi connectivity index (χ0v) is 16.9. The Kier molecular flexibility index (Phi) is 5.60. The van der Waals surface area contributed by atoms with E-state index in [9.17, 15) is 9.59 Å². The molecule has 2 N–H and O–H groups in total. The Hall–Kier alpha value is -3.49. The number of amides is 1. The lowest BCUT2D eigenvalue weighted by molar-refractivity contribution is -0.117. The van der Waals surface area contributed by atoms with Crippen LogP contribution in [0.2, 0.25) is 5.02 Å². The summed E-state index contributed by atoms with van der Waals surface area (Å²) in [5, 5.41) is 8.04. The SMILES string of the molecule is CN(CC(=O)Nc1cccc(Cl)c1)Cc1nc2c(cnn2-c2ccccc2)c(=O)[nH]1. The Balaban J connectivity index is 1.50. The topological polar surface area (TPSA) is 95.9 Å². The average molecular weight is 423 g/mol. The third kappa shape index (κ3) is 4.40. The van der Waals surface area contributed by atoms with Gasteiger partial charge in [-0.05, 0) is 37.4 Å². The predicted molar refractivity (Wildman–Crippen MR) is 116 cm³/mol. The molecule has 0 unspecified atom stereocenters. The van der Waals surface area contributed by atoms with Crippen molar-refractivity contribution < 1.29 is 4.79 Å². The number of aromatic nitrogens is 4. The fourth-order valence-electron chi connectivity index (χ4n) is 3.12. The smallest absolute Gasteiger partial charge is 0.262 e. The monoisotopic (exact) mass is 422 g/mol. The van der Waals surface area contributed by atoms with Crippen LogP contribution in [0.15, 0.2) is 65.6 Å². The molecule has 0 saturated heterocycles. The number of carbonyl (C=O) groups excluding carboxylic acids is 1. The maximum atomic E-state index is 12.5. The van der Waals surface area contributed by atoms with Gasteiger partial charge in [-0.3, -0.25) is 14.5 Å². The second-order valence-electron chi connectivity index (χ2n) is 6.87. The number of para-hydroxylation sites is 1. The molecular weight excluding hydrogens is 404 g/mol. The van der Waals surface area contributed by atoms with Gasteiger partial charge in [0.25, 0.3) is 5.56 Å². The standard InChI is InChI=1S/C21H19ClN6O2/c1-27(13-19(29)24-15-7-5-6-14(22)10-15)12-18-25-20-17(21(30)26-18)11-23-28(20)16-8-3-2-4-9-16/h2-11H,12-13H2,1H3,(H,24,29)(H,25,26,30). The normalized spacial score (nSPS) is 11.2. The first-order valence-corrected chi connectivity index (χ1v) is 9.64. The summed E-state index contributed by atoms with van der Waals surface area (Å²) in [5.41, 5.74) is 1.64. The second kappa shape index (κ2) is 8.48. The lowest BCUT2D eigenvalue weighted by Crippen LogP contribution is -2.31. The van der Waals surface area contributed by atoms with E-state index in [1.165, 1.54) is 6.20 Å². The number of nitrogens with zero attached hydrogens (tertiary/aromatic N) is 4. The van der Waals surface area contributed by atoms with Crippen LogP contribution >= 0.6 is 11.6 Å². The van der Waals surface area contributed by atoms with Crippen LogP contribution in [0, 0.1) is 0 Å². The number of nitrogens with one attached hydrogen (secondary N) is 2. The van der Waals surface area contributed by atoms with E-state index in [4.69, 9.17) is 11.6 Å². The summed E-state index contributed by atoms with van der Waals surface area (Å²) in [7, 11) is 1.77. The molecule has 0 atom stereocenters. The summed E-state index contributed by atoms with van der Waals surface area (Å²) in [4.78, 5) is 33.9. The first kappa shape index (κ1) is 19.8. The molecule has 0 fully saturated rings. The summed E-state index contributed by atoms with van der Waals surface area (Å²) >= 11 is 5.94. The number of likely N-dealkylation sites (N-methyl/N-ethyl adjacent to an activating group) is 1. The van der Waals surface area contributed by atoms with Crippen LogP contribution in [0.5, 0.6) is 0 Å². The zero-order chi connectivity index (χ0) is 21.1. The highest BCUT2D eigenvalue weighted by Gasteiger charge is 2.14. The van der Waals surface area contributed by atoms with E-state index in [1.807, 2.05) is 30.3 Å². The van der Waals surface area contributed by atoms with Gasteiger partial charge in [0.15, 0.2) is 5.65 Å². The number of hydrogen-bond acceptors (Lipinski definition) is 5. The van der Waals surface area contributed by atoms with Gasteiger partial charge < -0.3 is 10.3 Å². The van der Waals surface area contributed by atoms with Crippen LogP contribution in [0.4, 0.5) is 5.69 Å². The van der Waals surface area contributed by atoms with Crippen molar-refractivity contribution in [2.45, 2.75) is 6.54 Å². The van der Waals surface area contributed by atoms with Crippen molar-refractivity contribution >= 4 is 34.2 Å². The highest BCUT2D eigenvalue weighted by molar-refractivity contribution is 6.30. The molecule has 2 heterocycles. The van der Waals surface area contributed by atoms with Gasteiger partial charge in [0.2, 0.25) is 5.91 Å². The Morgan fingerprint density at radius 3 is 2.77 bits per heavy atom. The molecule has 0 aliphatic rings. The molecule has 30 heavy (non-hydrogen) atoms. The lowest BCUT2D eigenvalue weighted by Gasteiger charge is -2.16. The maximum absolute atomic E-state index is 12.5. The van der Waals surface area contributed by atoms with Crippen molar-refractivity contribution in [3.05, 3.63) is 82.0 Å². The highest BCUT2D eigenvalue weighted by atomic mass is 35.5. The zero-order valence-electron chi connectivity index (χ0n) is 16.2. The molecule has 0 bridgehead atoms. The summed E-state index contributed by atoms with van der Waals surface area (Å²) in [6.45, 7) is 0.403. The van der Waals surface area contributed by atoms with Crippen LogP contribution in [-0.4, -0.2) is 44.1 Å². The van der Waals surface area contributed by atoms with Gasteiger partial charge in [0.05, 0.1) is 25.0 Å². The van der Waals surface area contributed by atoms with Gasteiger partial charge >= 0.3 is 0 Å². The number of anilines is 1. The molecule has 0 aliphatic heterocycles. The van der Waals surface area contributed by atoms with Crippen molar-refractivity contribution in [2.75, 3.05) is 18.9 Å². The van der Waals surface area contributed by atoms with E-state index in [1.54, 1.807) is 40.9 Å². The van der Waals surface area contributed by atoms with Crippen LogP contribution < -0.4 is 10.9 Å². The number of benzene rings is 2. The minimum Gasteiger partial charge on any atom is -0.325 e. The van der Waals surface area contributed by atoms with Crippen LogP contribution in [-0.2, 0) is 11.3 Å². The van der Waals surface area contributed by atoms with Crippen LogP contribution in [0.1, 0.15) is 5.82 Å². The van der Waals surface area contributed by atoms with Crippen molar-refractivity contribution in [3.8, 4) is 5.69 Å². The van der Waals surface area contributed by atoms with Crippen LogP contribution in [0.25, 0.3) is 16.7 Å². The third-order valence-corrected chi connectivity index (χ3v) is 4.66. The number of hydrogen-bond donors (Lipinski definition) is 2. The molecule has 0 radical (unpaired) electrons. The molecule has 0 saturated carbocycles. The molecule has 2 aromatic heterocycles. The number of rotatable bonds is 6. The van der Waals surface area contributed by atoms with Crippen LogP contribution in [0.3, 0.4) is 0 Å². The first-order chi connectivity index (χ1) is 14.5. The van der Waals surface area contributed by atoms with E-state index in [-0.39, 0.29) is 24.6 Å². The van der Waals surface area contributed by atoms with Crippen molar-refractivity contribution in [2.24, 2.45) is 0 Å². The van der Waals surface area contributed by atoms with E-state index >= 15 is 0 Å². The Bertz CT molecular complexity index is 1250. The predicted octanol–water partition coefficient (Wildman–Crippen LogP) is 2.83. The maximum Gasteiger partial charge on any atom is 0.262 e. The van der Waals surface area contributed by atoms with Gasteiger partial charge in [-0.2, -0.15) is 5.10 Å². The Morgan fingerprint density at radius 1 is 1.20 bits per heavy atom. The van der Waals surface area contributed by atoms with Gasteiger partial charge in [0.1, 0.15) is 11.2 Å². The van der Waals surface area contributed by atoms with Gasteiger partial charge in [0, 0.05) is 10.7 Å². The number of fused-ring (bicyclic) bond motifs is 1. The molecule has 0 aliphatic carbocycles.